The standard InChI is InChI=1S/C16H19FN4O2/c17-10-1-2-11-15(16(10)23)14-9(7-13(22)20-6-4-18)3-5-19-8-12(14)21-11/h1-2,7,10,19,21H,3-6,8,18H2,(H,20,22). The average Bonchev–Trinajstić information content (AvgIpc) is 2.80. The fourth-order valence-corrected chi connectivity index (χ4v) is 2.96. The van der Waals surface area contributed by atoms with E-state index in [0.717, 1.165) is 11.3 Å². The van der Waals surface area contributed by atoms with E-state index in [1.807, 2.05) is 0 Å². The molecule has 2 aliphatic rings. The Labute approximate surface area is 133 Å². The maximum Gasteiger partial charge on any atom is 0.244 e. The molecule has 0 saturated carbocycles. The second-order valence-electron chi connectivity index (χ2n) is 5.57. The van der Waals surface area contributed by atoms with E-state index in [9.17, 15) is 14.0 Å². The van der Waals surface area contributed by atoms with Crippen LogP contribution in [0.2, 0.25) is 0 Å². The van der Waals surface area contributed by atoms with Crippen molar-refractivity contribution in [2.75, 3.05) is 19.6 Å². The maximum atomic E-state index is 13.8. The van der Waals surface area contributed by atoms with Crippen molar-refractivity contribution in [3.63, 3.8) is 0 Å². The van der Waals surface area contributed by atoms with Crippen LogP contribution in [-0.4, -0.2) is 42.5 Å². The molecule has 1 aromatic heterocycles. The van der Waals surface area contributed by atoms with Crippen LogP contribution in [0.25, 0.3) is 11.6 Å². The fourth-order valence-electron chi connectivity index (χ4n) is 2.96. The van der Waals surface area contributed by atoms with Gasteiger partial charge in [0.15, 0.2) is 6.17 Å². The number of carbonyl (C=O) groups excluding carboxylic acids is 2. The van der Waals surface area contributed by atoms with Crippen LogP contribution in [0.4, 0.5) is 4.39 Å². The largest absolute Gasteiger partial charge is 0.357 e. The van der Waals surface area contributed by atoms with Gasteiger partial charge in [-0.3, -0.25) is 9.59 Å². The summed E-state index contributed by atoms with van der Waals surface area (Å²) in [6.45, 7) is 1.96. The van der Waals surface area contributed by atoms with Gasteiger partial charge in [0, 0.05) is 42.7 Å². The Morgan fingerprint density at radius 3 is 3.09 bits per heavy atom. The number of nitrogens with one attached hydrogen (secondary N) is 3. The molecule has 122 valence electrons. The van der Waals surface area contributed by atoms with Gasteiger partial charge in [-0.15, -0.1) is 0 Å². The molecular weight excluding hydrogens is 299 g/mol. The lowest BCUT2D eigenvalue weighted by atomic mass is 9.91. The second kappa shape index (κ2) is 6.47. The highest BCUT2D eigenvalue weighted by atomic mass is 19.1. The van der Waals surface area contributed by atoms with E-state index in [1.54, 1.807) is 6.08 Å². The van der Waals surface area contributed by atoms with Crippen LogP contribution in [0, 0.1) is 0 Å². The Morgan fingerprint density at radius 2 is 2.30 bits per heavy atom. The van der Waals surface area contributed by atoms with Gasteiger partial charge in [-0.2, -0.15) is 0 Å². The van der Waals surface area contributed by atoms with Crippen molar-refractivity contribution < 1.29 is 14.0 Å². The molecule has 1 unspecified atom stereocenters. The highest BCUT2D eigenvalue weighted by molar-refractivity contribution is 6.10. The quantitative estimate of drug-likeness (QED) is 0.610. The number of alkyl halides is 1. The summed E-state index contributed by atoms with van der Waals surface area (Å²) in [5.41, 5.74) is 8.51. The summed E-state index contributed by atoms with van der Waals surface area (Å²) in [7, 11) is 0. The lowest BCUT2D eigenvalue weighted by Crippen LogP contribution is -2.27. The Kier molecular flexibility index (Phi) is 4.40. The van der Waals surface area contributed by atoms with Crippen molar-refractivity contribution in [1.29, 1.82) is 0 Å². The lowest BCUT2D eigenvalue weighted by molar-refractivity contribution is -0.116. The Bertz CT molecular complexity index is 705. The normalized spacial score (nSPS) is 21.7. The van der Waals surface area contributed by atoms with Gasteiger partial charge in [0.1, 0.15) is 0 Å². The Balaban J connectivity index is 2.05. The molecule has 0 fully saturated rings. The molecule has 1 aromatic rings. The minimum Gasteiger partial charge on any atom is -0.357 e. The summed E-state index contributed by atoms with van der Waals surface area (Å²) in [5, 5.41) is 5.91. The topological polar surface area (TPSA) is 100 Å². The van der Waals surface area contributed by atoms with E-state index in [4.69, 9.17) is 5.73 Å². The second-order valence-corrected chi connectivity index (χ2v) is 5.57. The van der Waals surface area contributed by atoms with Crippen LogP contribution in [0.1, 0.15) is 33.7 Å². The molecule has 5 N–H and O–H groups in total. The van der Waals surface area contributed by atoms with E-state index < -0.39 is 12.0 Å². The molecule has 23 heavy (non-hydrogen) atoms. The summed E-state index contributed by atoms with van der Waals surface area (Å²) < 4.78 is 13.8. The Morgan fingerprint density at radius 1 is 1.48 bits per heavy atom. The molecule has 2 heterocycles. The molecule has 7 heteroatoms. The number of hydrogen-bond donors (Lipinski definition) is 4. The first-order valence-electron chi connectivity index (χ1n) is 7.62. The number of carbonyl (C=O) groups is 2. The van der Waals surface area contributed by atoms with Crippen LogP contribution in [0.15, 0.2) is 12.2 Å². The molecule has 3 rings (SSSR count). The molecule has 1 aliphatic carbocycles. The minimum atomic E-state index is -1.63. The van der Waals surface area contributed by atoms with Gasteiger partial charge >= 0.3 is 0 Å². The number of allylic oxidation sites excluding steroid dienone is 1. The van der Waals surface area contributed by atoms with Crippen molar-refractivity contribution >= 4 is 23.3 Å². The first kappa shape index (κ1) is 15.6. The molecule has 0 bridgehead atoms. The first-order valence-corrected chi connectivity index (χ1v) is 7.62. The molecule has 0 radical (unpaired) electrons. The molecule has 0 spiro atoms. The summed E-state index contributed by atoms with van der Waals surface area (Å²) in [4.78, 5) is 27.4. The van der Waals surface area contributed by atoms with Crippen LogP contribution in [-0.2, 0) is 11.3 Å². The minimum absolute atomic E-state index is 0.260. The van der Waals surface area contributed by atoms with Crippen molar-refractivity contribution in [2.24, 2.45) is 5.73 Å². The number of H-pyrrole nitrogens is 1. The fraction of sp³-hybridized carbons (Fsp3) is 0.375. The number of hydrogen-bond acceptors (Lipinski definition) is 4. The molecule has 1 atom stereocenters. The van der Waals surface area contributed by atoms with Gasteiger partial charge in [-0.05, 0) is 30.7 Å². The third kappa shape index (κ3) is 2.97. The van der Waals surface area contributed by atoms with Gasteiger partial charge in [0.2, 0.25) is 11.7 Å². The van der Waals surface area contributed by atoms with E-state index in [-0.39, 0.29) is 5.91 Å². The highest BCUT2D eigenvalue weighted by Crippen LogP contribution is 2.34. The number of amides is 1. The van der Waals surface area contributed by atoms with Crippen LogP contribution >= 0.6 is 0 Å². The molecule has 1 amide bonds. The third-order valence-electron chi connectivity index (χ3n) is 3.98. The van der Waals surface area contributed by atoms with Crippen molar-refractivity contribution in [3.05, 3.63) is 34.7 Å². The number of rotatable bonds is 3. The number of Topliss-reactive ketones (excluding diaryl/α,β-unsaturated/α-hetero) is 1. The van der Waals surface area contributed by atoms with Gasteiger partial charge in [-0.25, -0.2) is 4.39 Å². The number of fused-ring (bicyclic) bond motifs is 3. The average molecular weight is 318 g/mol. The number of ketones is 1. The number of aromatic nitrogens is 1. The molecule has 6 nitrogen and oxygen atoms in total. The monoisotopic (exact) mass is 318 g/mol. The summed E-state index contributed by atoms with van der Waals surface area (Å²) in [5.74, 6) is -0.820. The van der Waals surface area contributed by atoms with E-state index in [0.29, 0.717) is 49.4 Å². The number of nitrogens with two attached hydrogens (primary N) is 1. The highest BCUT2D eigenvalue weighted by Gasteiger charge is 2.31. The van der Waals surface area contributed by atoms with Crippen molar-refractivity contribution in [3.8, 4) is 0 Å². The van der Waals surface area contributed by atoms with E-state index >= 15 is 0 Å². The number of halogens is 1. The predicted molar refractivity (Wildman–Crippen MR) is 85.4 cm³/mol. The van der Waals surface area contributed by atoms with Gasteiger partial charge < -0.3 is 21.4 Å². The van der Waals surface area contributed by atoms with Gasteiger partial charge in [0.05, 0.1) is 5.56 Å². The van der Waals surface area contributed by atoms with Crippen LogP contribution < -0.4 is 16.4 Å². The molecular formula is C16H19FN4O2. The zero-order chi connectivity index (χ0) is 16.4. The Hall–Kier alpha value is -2.25. The molecule has 0 saturated heterocycles. The van der Waals surface area contributed by atoms with Crippen molar-refractivity contribution in [1.82, 2.24) is 15.6 Å². The summed E-state index contributed by atoms with van der Waals surface area (Å²) in [6.07, 6.45) is 3.26. The first-order chi connectivity index (χ1) is 11.1. The molecule has 0 aromatic carbocycles. The lowest BCUT2D eigenvalue weighted by Gasteiger charge is -2.12. The van der Waals surface area contributed by atoms with E-state index in [1.165, 1.54) is 12.2 Å². The van der Waals surface area contributed by atoms with Gasteiger partial charge in [-0.1, -0.05) is 0 Å². The van der Waals surface area contributed by atoms with Crippen LogP contribution in [0.3, 0.4) is 0 Å². The maximum absolute atomic E-state index is 13.8. The van der Waals surface area contributed by atoms with Crippen molar-refractivity contribution in [2.45, 2.75) is 19.1 Å². The van der Waals surface area contributed by atoms with E-state index in [2.05, 4.69) is 15.6 Å². The third-order valence-corrected chi connectivity index (χ3v) is 3.98. The zero-order valence-electron chi connectivity index (χ0n) is 12.6. The predicted octanol–water partition coefficient (Wildman–Crippen LogP) is 0.514. The van der Waals surface area contributed by atoms with Crippen LogP contribution in [0.5, 0.6) is 0 Å². The van der Waals surface area contributed by atoms with Gasteiger partial charge in [0.25, 0.3) is 0 Å². The SMILES string of the molecule is NCCNC(=O)C=C1CCNCc2[nH]c3c(c21)C(=O)C(F)C=C3. The summed E-state index contributed by atoms with van der Waals surface area (Å²) in [6, 6.07) is 0. The molecule has 1 aliphatic heterocycles. The zero-order valence-corrected chi connectivity index (χ0v) is 12.6. The summed E-state index contributed by atoms with van der Waals surface area (Å²) >= 11 is 0. The smallest absolute Gasteiger partial charge is 0.244 e. The number of aromatic amines is 1.